The quantitative estimate of drug-likeness (QED) is 0.564. The van der Waals surface area contributed by atoms with Gasteiger partial charge in [-0.3, -0.25) is 4.99 Å². The minimum atomic E-state index is 0. The van der Waals surface area contributed by atoms with Crippen LogP contribution in [0.5, 0.6) is 0 Å². The lowest BCUT2D eigenvalue weighted by Crippen LogP contribution is -2.53. The van der Waals surface area contributed by atoms with Crippen molar-refractivity contribution in [3.63, 3.8) is 0 Å². The van der Waals surface area contributed by atoms with Gasteiger partial charge in [-0.15, -0.1) is 12.4 Å². The third kappa shape index (κ3) is 4.09. The van der Waals surface area contributed by atoms with E-state index in [2.05, 4.69) is 72.6 Å². The lowest BCUT2D eigenvalue weighted by atomic mass is 9.56. The van der Waals surface area contributed by atoms with E-state index < -0.39 is 0 Å². The summed E-state index contributed by atoms with van der Waals surface area (Å²) in [7, 11) is 2.36. The molecule has 2 aromatic carbocycles. The van der Waals surface area contributed by atoms with Crippen LogP contribution in [0.25, 0.3) is 0 Å². The van der Waals surface area contributed by atoms with Crippen LogP contribution in [-0.4, -0.2) is 36.8 Å². The molecule has 0 unspecified atom stereocenters. The number of hydrogen-bond donors (Lipinski definition) is 0. The van der Waals surface area contributed by atoms with Crippen molar-refractivity contribution in [2.75, 3.05) is 20.1 Å². The topological polar surface area (TPSA) is 15.6 Å². The second kappa shape index (κ2) is 9.66. The van der Waals surface area contributed by atoms with Crippen LogP contribution in [0.2, 0.25) is 0 Å². The number of rotatable bonds is 3. The summed E-state index contributed by atoms with van der Waals surface area (Å²) in [6, 6.07) is 23.4. The van der Waals surface area contributed by atoms with Crippen LogP contribution in [-0.2, 0) is 0 Å². The highest BCUT2D eigenvalue weighted by Crippen LogP contribution is 2.54. The molecule has 0 aromatic heterocycles. The standard InChI is InChI=1S/C27H34N2.ClH/c1-29-18-10-15-22-25(29)19-23(20-11-4-2-5-12-20)27(24-16-8-9-17-28-24)26(22)21-13-6-3-7-14-21;/h2-7,11-14,22-23,25-27H,8-10,15-19H2,1H3;1H/t22-,23+,25+,26+,27-;/m0./s1. The Morgan fingerprint density at radius 2 is 1.53 bits per heavy atom. The van der Waals surface area contributed by atoms with Crippen LogP contribution in [0, 0.1) is 11.8 Å². The number of fused-ring (bicyclic) bond motifs is 1. The molecular weight excluding hydrogens is 388 g/mol. The minimum Gasteiger partial charge on any atom is -0.303 e. The van der Waals surface area contributed by atoms with E-state index in [1.165, 1.54) is 61.9 Å². The highest BCUT2D eigenvalue weighted by Gasteiger charge is 2.49. The SMILES string of the molecule is CN1CCC[C@@H]2[C@@H](c3ccccc3)[C@H](C3=NCCCC3)[C@@H](c3ccccc3)C[C@H]21.Cl. The van der Waals surface area contributed by atoms with Gasteiger partial charge < -0.3 is 4.90 Å². The van der Waals surface area contributed by atoms with Crippen molar-refractivity contribution < 1.29 is 0 Å². The first kappa shape index (κ1) is 21.6. The lowest BCUT2D eigenvalue weighted by Gasteiger charge is -2.53. The van der Waals surface area contributed by atoms with Gasteiger partial charge in [0, 0.05) is 24.2 Å². The van der Waals surface area contributed by atoms with Gasteiger partial charge in [0.15, 0.2) is 0 Å². The molecule has 1 saturated carbocycles. The molecule has 5 atom stereocenters. The fourth-order valence-corrected chi connectivity index (χ4v) is 6.56. The first-order valence-electron chi connectivity index (χ1n) is 11.7. The Hall–Kier alpha value is -1.64. The summed E-state index contributed by atoms with van der Waals surface area (Å²) in [4.78, 5) is 7.83. The van der Waals surface area contributed by atoms with Crippen molar-refractivity contribution in [1.29, 1.82) is 0 Å². The molecule has 0 amide bonds. The average Bonchev–Trinajstić information content (AvgIpc) is 2.80. The summed E-state index contributed by atoms with van der Waals surface area (Å²) < 4.78 is 0. The molecular formula is C27H35ClN2. The average molecular weight is 423 g/mol. The summed E-state index contributed by atoms with van der Waals surface area (Å²) in [6.07, 6.45) is 7.74. The van der Waals surface area contributed by atoms with E-state index >= 15 is 0 Å². The molecule has 2 heterocycles. The van der Waals surface area contributed by atoms with E-state index in [0.29, 0.717) is 23.8 Å². The van der Waals surface area contributed by atoms with Gasteiger partial charge in [0.25, 0.3) is 0 Å². The van der Waals surface area contributed by atoms with Gasteiger partial charge in [0.1, 0.15) is 0 Å². The Morgan fingerprint density at radius 1 is 0.833 bits per heavy atom. The van der Waals surface area contributed by atoms with Crippen molar-refractivity contribution in [2.45, 2.75) is 56.4 Å². The molecule has 2 fully saturated rings. The van der Waals surface area contributed by atoms with Crippen molar-refractivity contribution in [2.24, 2.45) is 16.8 Å². The summed E-state index contributed by atoms with van der Waals surface area (Å²) in [5.74, 6) is 2.44. The van der Waals surface area contributed by atoms with Gasteiger partial charge in [-0.25, -0.2) is 0 Å². The second-order valence-corrected chi connectivity index (χ2v) is 9.40. The van der Waals surface area contributed by atoms with Gasteiger partial charge >= 0.3 is 0 Å². The number of piperidine rings is 1. The Kier molecular flexibility index (Phi) is 6.95. The summed E-state index contributed by atoms with van der Waals surface area (Å²) in [5, 5.41) is 0. The molecule has 0 radical (unpaired) electrons. The molecule has 30 heavy (non-hydrogen) atoms. The van der Waals surface area contributed by atoms with Gasteiger partial charge in [-0.1, -0.05) is 60.7 Å². The largest absolute Gasteiger partial charge is 0.303 e. The van der Waals surface area contributed by atoms with E-state index in [1.807, 2.05) is 0 Å². The lowest BCUT2D eigenvalue weighted by molar-refractivity contribution is 0.0449. The normalized spacial score (nSPS) is 31.9. The fourth-order valence-electron chi connectivity index (χ4n) is 6.56. The number of likely N-dealkylation sites (tertiary alicyclic amines) is 1. The van der Waals surface area contributed by atoms with E-state index in [-0.39, 0.29) is 12.4 Å². The number of hydrogen-bond acceptors (Lipinski definition) is 2. The van der Waals surface area contributed by atoms with Gasteiger partial charge in [-0.2, -0.15) is 0 Å². The number of aliphatic imine (C=N–C) groups is 1. The van der Waals surface area contributed by atoms with Crippen LogP contribution in [0.3, 0.4) is 0 Å². The zero-order valence-electron chi connectivity index (χ0n) is 18.1. The molecule has 2 nitrogen and oxygen atoms in total. The zero-order chi connectivity index (χ0) is 19.6. The van der Waals surface area contributed by atoms with Crippen LogP contribution < -0.4 is 0 Å². The first-order chi connectivity index (χ1) is 14.3. The zero-order valence-corrected chi connectivity index (χ0v) is 18.9. The molecule has 5 rings (SSSR count). The molecule has 160 valence electrons. The first-order valence-corrected chi connectivity index (χ1v) is 11.7. The Labute approximate surface area is 188 Å². The molecule has 0 spiro atoms. The number of benzene rings is 2. The molecule has 1 aliphatic carbocycles. The molecule has 1 saturated heterocycles. The van der Waals surface area contributed by atoms with E-state index in [9.17, 15) is 0 Å². The van der Waals surface area contributed by atoms with E-state index in [1.54, 1.807) is 0 Å². The van der Waals surface area contributed by atoms with Gasteiger partial charge in [0.05, 0.1) is 0 Å². The summed E-state index contributed by atoms with van der Waals surface area (Å²) in [5.41, 5.74) is 4.58. The highest BCUT2D eigenvalue weighted by atomic mass is 35.5. The third-order valence-electron chi connectivity index (χ3n) is 7.84. The monoisotopic (exact) mass is 422 g/mol. The second-order valence-electron chi connectivity index (χ2n) is 9.40. The smallest absolute Gasteiger partial charge is 0.0388 e. The third-order valence-corrected chi connectivity index (χ3v) is 7.84. The van der Waals surface area contributed by atoms with Crippen molar-refractivity contribution in [3.8, 4) is 0 Å². The molecule has 0 bridgehead atoms. The minimum absolute atomic E-state index is 0. The Balaban J connectivity index is 0.00000218. The van der Waals surface area contributed by atoms with E-state index in [4.69, 9.17) is 4.99 Å². The van der Waals surface area contributed by atoms with Crippen molar-refractivity contribution >= 4 is 18.1 Å². The predicted molar refractivity (Wildman–Crippen MR) is 129 cm³/mol. The van der Waals surface area contributed by atoms with Crippen molar-refractivity contribution in [1.82, 2.24) is 4.90 Å². The number of halogens is 1. The molecule has 3 heteroatoms. The molecule has 3 aliphatic rings. The maximum absolute atomic E-state index is 5.16. The Morgan fingerprint density at radius 3 is 2.20 bits per heavy atom. The van der Waals surface area contributed by atoms with Gasteiger partial charge in [0.2, 0.25) is 0 Å². The predicted octanol–water partition coefficient (Wildman–Crippen LogP) is 6.33. The summed E-state index contributed by atoms with van der Waals surface area (Å²) >= 11 is 0. The highest BCUT2D eigenvalue weighted by molar-refractivity contribution is 5.89. The van der Waals surface area contributed by atoms with Crippen molar-refractivity contribution in [3.05, 3.63) is 71.8 Å². The van der Waals surface area contributed by atoms with Crippen LogP contribution in [0.4, 0.5) is 0 Å². The van der Waals surface area contributed by atoms with Crippen LogP contribution in [0.15, 0.2) is 65.7 Å². The maximum atomic E-state index is 5.16. The van der Waals surface area contributed by atoms with Crippen LogP contribution in [0.1, 0.15) is 61.5 Å². The Bertz CT molecular complexity index is 834. The van der Waals surface area contributed by atoms with Gasteiger partial charge in [-0.05, 0) is 81.0 Å². The van der Waals surface area contributed by atoms with Crippen LogP contribution >= 0.6 is 12.4 Å². The molecule has 2 aliphatic heterocycles. The fraction of sp³-hybridized carbons (Fsp3) is 0.519. The van der Waals surface area contributed by atoms with E-state index in [0.717, 1.165) is 12.5 Å². The maximum Gasteiger partial charge on any atom is 0.0388 e. The molecule has 2 aromatic rings. The molecule has 0 N–H and O–H groups in total. The number of nitrogens with zero attached hydrogens (tertiary/aromatic N) is 2. The summed E-state index contributed by atoms with van der Waals surface area (Å²) in [6.45, 7) is 2.28.